The number of amides is 1. The number of carbonyl (C=O) groups is 2. The molecule has 0 aromatic heterocycles. The van der Waals surface area contributed by atoms with Gasteiger partial charge in [0.15, 0.2) is 0 Å². The maximum absolute atomic E-state index is 12.9. The zero-order valence-electron chi connectivity index (χ0n) is 15.4. The summed E-state index contributed by atoms with van der Waals surface area (Å²) in [6, 6.07) is 9.49. The van der Waals surface area contributed by atoms with Crippen LogP contribution < -0.4 is 9.62 Å². The number of hydrogen-bond donors (Lipinski definition) is 1. The SMILES string of the molecule is CCC(C)C(NC(=O)CN1c2cccc3cccc(c23)S1(=O)=O)C(=O)OC. The number of nitrogens with zero attached hydrogens (tertiary/aromatic N) is 1. The largest absolute Gasteiger partial charge is 0.467 e. The second kappa shape index (κ2) is 7.19. The number of benzene rings is 2. The van der Waals surface area contributed by atoms with Crippen LogP contribution in [0.4, 0.5) is 5.69 Å². The number of nitrogens with one attached hydrogen (secondary N) is 1. The maximum Gasteiger partial charge on any atom is 0.328 e. The van der Waals surface area contributed by atoms with Crippen molar-refractivity contribution in [1.29, 1.82) is 0 Å². The van der Waals surface area contributed by atoms with Gasteiger partial charge in [-0.2, -0.15) is 0 Å². The second-order valence-corrected chi connectivity index (χ2v) is 8.43. The minimum atomic E-state index is -3.82. The normalized spacial score (nSPS) is 16.8. The van der Waals surface area contributed by atoms with E-state index in [9.17, 15) is 18.0 Å². The molecule has 0 saturated carbocycles. The van der Waals surface area contributed by atoms with Crippen LogP contribution in [0.2, 0.25) is 0 Å². The fourth-order valence-corrected chi connectivity index (χ4v) is 4.94. The Labute approximate surface area is 158 Å². The van der Waals surface area contributed by atoms with Crippen LogP contribution in [0.1, 0.15) is 20.3 Å². The van der Waals surface area contributed by atoms with Gasteiger partial charge >= 0.3 is 5.97 Å². The molecule has 0 aliphatic carbocycles. The van der Waals surface area contributed by atoms with Gasteiger partial charge in [-0.1, -0.05) is 44.5 Å². The molecule has 144 valence electrons. The molecule has 0 fully saturated rings. The van der Waals surface area contributed by atoms with Crippen molar-refractivity contribution in [2.45, 2.75) is 31.2 Å². The first-order chi connectivity index (χ1) is 12.8. The Balaban J connectivity index is 1.89. The Kier molecular flexibility index (Phi) is 5.10. The van der Waals surface area contributed by atoms with Crippen molar-refractivity contribution >= 4 is 38.4 Å². The lowest BCUT2D eigenvalue weighted by Crippen LogP contribution is -2.49. The second-order valence-electron chi connectivity index (χ2n) is 6.60. The van der Waals surface area contributed by atoms with Crippen molar-refractivity contribution in [2.24, 2.45) is 5.92 Å². The number of esters is 1. The summed E-state index contributed by atoms with van der Waals surface area (Å²) in [6.45, 7) is 3.32. The van der Waals surface area contributed by atoms with E-state index in [4.69, 9.17) is 4.74 Å². The zero-order chi connectivity index (χ0) is 19.8. The number of anilines is 1. The van der Waals surface area contributed by atoms with Gasteiger partial charge in [-0.15, -0.1) is 0 Å². The van der Waals surface area contributed by atoms with Gasteiger partial charge in [-0.25, -0.2) is 13.2 Å². The molecule has 2 aromatic carbocycles. The summed E-state index contributed by atoms with van der Waals surface area (Å²) in [4.78, 5) is 24.7. The third-order valence-electron chi connectivity index (χ3n) is 4.95. The summed E-state index contributed by atoms with van der Waals surface area (Å²) in [6.07, 6.45) is 0.660. The zero-order valence-corrected chi connectivity index (χ0v) is 16.2. The molecule has 3 rings (SSSR count). The lowest BCUT2D eigenvalue weighted by atomic mass is 9.99. The standard InChI is InChI=1S/C19H22N2O5S/c1-4-12(2)18(19(23)26-3)20-16(22)11-21-14-9-5-7-13-8-6-10-15(17(13)14)27(21,24)25/h5-10,12,18H,4,11H2,1-3H3,(H,20,22). The van der Waals surface area contributed by atoms with Crippen LogP contribution in [0.3, 0.4) is 0 Å². The minimum Gasteiger partial charge on any atom is -0.467 e. The summed E-state index contributed by atoms with van der Waals surface area (Å²) in [5, 5.41) is 4.03. The molecule has 2 atom stereocenters. The number of ether oxygens (including phenoxy) is 1. The monoisotopic (exact) mass is 390 g/mol. The molecular weight excluding hydrogens is 368 g/mol. The molecule has 1 N–H and O–H groups in total. The molecule has 1 aliphatic rings. The summed E-state index contributed by atoms with van der Waals surface area (Å²) in [5.74, 6) is -1.25. The van der Waals surface area contributed by atoms with Crippen molar-refractivity contribution in [1.82, 2.24) is 5.32 Å². The van der Waals surface area contributed by atoms with E-state index in [0.717, 1.165) is 9.69 Å². The van der Waals surface area contributed by atoms with E-state index in [0.29, 0.717) is 17.5 Å². The fraction of sp³-hybridized carbons (Fsp3) is 0.368. The molecule has 1 aliphatic heterocycles. The molecule has 2 unspecified atom stereocenters. The molecule has 7 nitrogen and oxygen atoms in total. The number of methoxy groups -OCH3 is 1. The molecule has 8 heteroatoms. The Bertz CT molecular complexity index is 997. The number of rotatable bonds is 6. The average molecular weight is 390 g/mol. The van der Waals surface area contributed by atoms with E-state index in [2.05, 4.69) is 5.32 Å². The molecule has 2 aromatic rings. The maximum atomic E-state index is 12.9. The van der Waals surface area contributed by atoms with Crippen molar-refractivity contribution in [3.05, 3.63) is 36.4 Å². The topological polar surface area (TPSA) is 92.8 Å². The smallest absolute Gasteiger partial charge is 0.328 e. The van der Waals surface area contributed by atoms with Crippen LogP contribution in [0.25, 0.3) is 10.8 Å². The Morgan fingerprint density at radius 2 is 1.85 bits per heavy atom. The van der Waals surface area contributed by atoms with Crippen LogP contribution in [-0.2, 0) is 24.3 Å². The fourth-order valence-electron chi connectivity index (χ4n) is 3.27. The van der Waals surface area contributed by atoms with Gasteiger partial charge in [0.25, 0.3) is 10.0 Å². The van der Waals surface area contributed by atoms with E-state index in [1.165, 1.54) is 13.2 Å². The highest BCUT2D eigenvalue weighted by Crippen LogP contribution is 2.41. The van der Waals surface area contributed by atoms with E-state index in [1.807, 2.05) is 26.0 Å². The first kappa shape index (κ1) is 19.2. The molecular formula is C19H22N2O5S. The van der Waals surface area contributed by atoms with Crippen molar-refractivity contribution in [2.75, 3.05) is 18.0 Å². The summed E-state index contributed by atoms with van der Waals surface area (Å²) in [7, 11) is -2.57. The van der Waals surface area contributed by atoms with Crippen molar-refractivity contribution in [3.63, 3.8) is 0 Å². The highest BCUT2D eigenvalue weighted by atomic mass is 32.2. The van der Waals surface area contributed by atoms with Crippen LogP contribution in [0, 0.1) is 5.92 Å². The van der Waals surface area contributed by atoms with E-state index in [1.54, 1.807) is 18.2 Å². The van der Waals surface area contributed by atoms with Gasteiger partial charge in [0, 0.05) is 5.39 Å². The van der Waals surface area contributed by atoms with Crippen LogP contribution in [0.5, 0.6) is 0 Å². The lowest BCUT2D eigenvalue weighted by Gasteiger charge is -2.24. The number of sulfonamides is 1. The molecule has 1 amide bonds. The average Bonchev–Trinajstić information content (AvgIpc) is 2.88. The molecule has 0 spiro atoms. The third kappa shape index (κ3) is 3.25. The summed E-state index contributed by atoms with van der Waals surface area (Å²) in [5.41, 5.74) is 0.469. The van der Waals surface area contributed by atoms with Gasteiger partial charge in [0.05, 0.1) is 17.7 Å². The minimum absolute atomic E-state index is 0.141. The first-order valence-electron chi connectivity index (χ1n) is 8.73. The van der Waals surface area contributed by atoms with E-state index < -0.39 is 34.5 Å². The predicted molar refractivity (Wildman–Crippen MR) is 102 cm³/mol. The number of carbonyl (C=O) groups excluding carboxylic acids is 2. The van der Waals surface area contributed by atoms with Gasteiger partial charge in [-0.3, -0.25) is 9.10 Å². The molecule has 0 radical (unpaired) electrons. The molecule has 0 saturated heterocycles. The van der Waals surface area contributed by atoms with Gasteiger partial charge in [-0.05, 0) is 23.4 Å². The first-order valence-corrected chi connectivity index (χ1v) is 10.2. The van der Waals surface area contributed by atoms with Crippen LogP contribution in [0.15, 0.2) is 41.3 Å². The highest BCUT2D eigenvalue weighted by Gasteiger charge is 2.37. The van der Waals surface area contributed by atoms with Crippen molar-refractivity contribution < 1.29 is 22.7 Å². The molecule has 27 heavy (non-hydrogen) atoms. The van der Waals surface area contributed by atoms with Crippen LogP contribution >= 0.6 is 0 Å². The lowest BCUT2D eigenvalue weighted by molar-refractivity contribution is -0.146. The quantitative estimate of drug-likeness (QED) is 0.762. The Morgan fingerprint density at radius 3 is 2.48 bits per heavy atom. The van der Waals surface area contributed by atoms with Gasteiger partial charge in [0.1, 0.15) is 12.6 Å². The molecule has 0 bridgehead atoms. The predicted octanol–water partition coefficient (Wildman–Crippen LogP) is 2.05. The number of hydrogen-bond acceptors (Lipinski definition) is 5. The molecule has 1 heterocycles. The van der Waals surface area contributed by atoms with Crippen molar-refractivity contribution in [3.8, 4) is 0 Å². The van der Waals surface area contributed by atoms with Gasteiger partial charge < -0.3 is 10.1 Å². The summed E-state index contributed by atoms with van der Waals surface area (Å²) >= 11 is 0. The Morgan fingerprint density at radius 1 is 1.19 bits per heavy atom. The van der Waals surface area contributed by atoms with Gasteiger partial charge in [0.2, 0.25) is 5.91 Å². The van der Waals surface area contributed by atoms with E-state index in [-0.39, 0.29) is 10.8 Å². The third-order valence-corrected chi connectivity index (χ3v) is 6.76. The highest BCUT2D eigenvalue weighted by molar-refractivity contribution is 7.93. The summed E-state index contributed by atoms with van der Waals surface area (Å²) < 4.78 is 31.7. The van der Waals surface area contributed by atoms with E-state index >= 15 is 0 Å². The Hall–Kier alpha value is -2.61. The van der Waals surface area contributed by atoms with Crippen LogP contribution in [-0.4, -0.2) is 40.0 Å².